The summed E-state index contributed by atoms with van der Waals surface area (Å²) in [6.07, 6.45) is 8.98. The molecule has 0 bridgehead atoms. The molecule has 4 rings (SSSR count). The van der Waals surface area contributed by atoms with Gasteiger partial charge in [-0.15, -0.1) is 0 Å². The van der Waals surface area contributed by atoms with Gasteiger partial charge in [0.25, 0.3) is 5.91 Å². The van der Waals surface area contributed by atoms with Crippen LogP contribution >= 0.6 is 0 Å². The molecule has 0 unspecified atom stereocenters. The van der Waals surface area contributed by atoms with Gasteiger partial charge in [0, 0.05) is 37.1 Å². The normalized spacial score (nSPS) is 13.8. The van der Waals surface area contributed by atoms with Crippen LogP contribution in [-0.4, -0.2) is 37.4 Å². The van der Waals surface area contributed by atoms with Gasteiger partial charge >= 0.3 is 0 Å². The molecular formula is C16H16N6O2. The van der Waals surface area contributed by atoms with E-state index in [0.717, 1.165) is 30.0 Å². The molecular weight excluding hydrogens is 308 g/mol. The number of hydrogen-bond acceptors (Lipinski definition) is 6. The quantitative estimate of drug-likeness (QED) is 0.740. The van der Waals surface area contributed by atoms with E-state index in [9.17, 15) is 4.79 Å². The number of rotatable bonds is 6. The maximum absolute atomic E-state index is 12.0. The summed E-state index contributed by atoms with van der Waals surface area (Å²) in [6.45, 7) is 1.01. The first kappa shape index (κ1) is 14.6. The Kier molecular flexibility index (Phi) is 3.78. The number of carbonyl (C=O) groups excluding carboxylic acids is 1. The SMILES string of the molecule is O=C(NCCn1ccc(-c2cnccn2)n1)c1cc(C2CC2)on1. The minimum atomic E-state index is -0.230. The zero-order valence-electron chi connectivity index (χ0n) is 12.9. The first-order valence-corrected chi connectivity index (χ1v) is 7.84. The molecule has 1 amide bonds. The largest absolute Gasteiger partial charge is 0.360 e. The Morgan fingerprint density at radius 1 is 1.33 bits per heavy atom. The number of hydrogen-bond donors (Lipinski definition) is 1. The molecule has 1 aliphatic rings. The highest BCUT2D eigenvalue weighted by Crippen LogP contribution is 2.40. The van der Waals surface area contributed by atoms with Crippen LogP contribution in [0, 0.1) is 0 Å². The monoisotopic (exact) mass is 324 g/mol. The van der Waals surface area contributed by atoms with Crippen LogP contribution in [0.15, 0.2) is 41.4 Å². The van der Waals surface area contributed by atoms with Crippen molar-refractivity contribution in [2.45, 2.75) is 25.3 Å². The Morgan fingerprint density at radius 2 is 2.25 bits per heavy atom. The lowest BCUT2D eigenvalue weighted by molar-refractivity contribution is 0.0943. The zero-order valence-corrected chi connectivity index (χ0v) is 12.9. The number of nitrogens with one attached hydrogen (secondary N) is 1. The van der Waals surface area contributed by atoms with Crippen LogP contribution in [0.3, 0.4) is 0 Å². The second-order valence-corrected chi connectivity index (χ2v) is 5.70. The predicted octanol–water partition coefficient (Wildman–Crippen LogP) is 1.64. The fourth-order valence-corrected chi connectivity index (χ4v) is 2.39. The van der Waals surface area contributed by atoms with Gasteiger partial charge in [0.1, 0.15) is 17.1 Å². The minimum absolute atomic E-state index is 0.230. The minimum Gasteiger partial charge on any atom is -0.360 e. The lowest BCUT2D eigenvalue weighted by Gasteiger charge is -2.03. The standard InChI is InChI=1S/C16H16N6O2/c23-16(13-9-15(24-21-13)11-1-2-11)19-6-8-22-7-3-12(20-22)14-10-17-4-5-18-14/h3-5,7,9-11H,1-2,6,8H2,(H,19,23). The first-order chi connectivity index (χ1) is 11.8. The van der Waals surface area contributed by atoms with Crippen molar-refractivity contribution in [2.75, 3.05) is 6.54 Å². The van der Waals surface area contributed by atoms with E-state index in [-0.39, 0.29) is 5.91 Å². The third kappa shape index (κ3) is 3.17. The van der Waals surface area contributed by atoms with Gasteiger partial charge in [-0.25, -0.2) is 0 Å². The topological polar surface area (TPSA) is 98.7 Å². The first-order valence-electron chi connectivity index (χ1n) is 7.84. The Hall–Kier alpha value is -3.03. The van der Waals surface area contributed by atoms with Crippen LogP contribution < -0.4 is 5.32 Å². The Morgan fingerprint density at radius 3 is 3.04 bits per heavy atom. The summed E-state index contributed by atoms with van der Waals surface area (Å²) in [5.74, 6) is 1.02. The Labute approximate surface area is 137 Å². The molecule has 8 heteroatoms. The summed E-state index contributed by atoms with van der Waals surface area (Å²) in [6, 6.07) is 3.60. The number of amides is 1. The second kappa shape index (κ2) is 6.23. The third-order valence-corrected chi connectivity index (χ3v) is 3.83. The van der Waals surface area contributed by atoms with E-state index in [1.54, 1.807) is 29.3 Å². The van der Waals surface area contributed by atoms with Crippen molar-refractivity contribution in [2.24, 2.45) is 0 Å². The van der Waals surface area contributed by atoms with Gasteiger partial charge in [0.15, 0.2) is 5.69 Å². The van der Waals surface area contributed by atoms with Gasteiger partial charge in [-0.3, -0.25) is 19.4 Å². The summed E-state index contributed by atoms with van der Waals surface area (Å²) >= 11 is 0. The molecule has 1 aliphatic carbocycles. The van der Waals surface area contributed by atoms with Crippen molar-refractivity contribution in [3.8, 4) is 11.4 Å². The summed E-state index contributed by atoms with van der Waals surface area (Å²) in [5.41, 5.74) is 1.80. The molecule has 1 saturated carbocycles. The molecule has 1 N–H and O–H groups in total. The third-order valence-electron chi connectivity index (χ3n) is 3.83. The van der Waals surface area contributed by atoms with Crippen LogP contribution in [0.25, 0.3) is 11.4 Å². The molecule has 0 aliphatic heterocycles. The van der Waals surface area contributed by atoms with Crippen molar-refractivity contribution in [1.29, 1.82) is 0 Å². The molecule has 122 valence electrons. The van der Waals surface area contributed by atoms with Gasteiger partial charge in [-0.1, -0.05) is 5.16 Å². The molecule has 3 aromatic heterocycles. The smallest absolute Gasteiger partial charge is 0.273 e. The van der Waals surface area contributed by atoms with E-state index in [0.29, 0.717) is 24.7 Å². The lowest BCUT2D eigenvalue weighted by Crippen LogP contribution is -2.27. The van der Waals surface area contributed by atoms with Gasteiger partial charge in [0.2, 0.25) is 0 Å². The molecule has 1 fully saturated rings. The predicted molar refractivity (Wildman–Crippen MR) is 84.1 cm³/mol. The highest BCUT2D eigenvalue weighted by molar-refractivity contribution is 5.92. The van der Waals surface area contributed by atoms with Crippen LogP contribution in [0.1, 0.15) is 35.0 Å². The maximum atomic E-state index is 12.0. The number of aromatic nitrogens is 5. The molecule has 0 atom stereocenters. The van der Waals surface area contributed by atoms with Gasteiger partial charge in [0.05, 0.1) is 12.7 Å². The fraction of sp³-hybridized carbons (Fsp3) is 0.312. The number of nitrogens with zero attached hydrogens (tertiary/aromatic N) is 5. The Balaban J connectivity index is 1.30. The van der Waals surface area contributed by atoms with E-state index < -0.39 is 0 Å². The van der Waals surface area contributed by atoms with E-state index in [1.165, 1.54) is 0 Å². The van der Waals surface area contributed by atoms with E-state index in [4.69, 9.17) is 4.52 Å². The highest BCUT2D eigenvalue weighted by atomic mass is 16.5. The van der Waals surface area contributed by atoms with Gasteiger partial charge in [-0.2, -0.15) is 5.10 Å². The highest BCUT2D eigenvalue weighted by Gasteiger charge is 2.28. The van der Waals surface area contributed by atoms with E-state index in [2.05, 4.69) is 25.5 Å². The second-order valence-electron chi connectivity index (χ2n) is 5.70. The molecule has 0 spiro atoms. The van der Waals surface area contributed by atoms with Crippen LogP contribution in [0.4, 0.5) is 0 Å². The fourth-order valence-electron chi connectivity index (χ4n) is 2.39. The summed E-state index contributed by atoms with van der Waals surface area (Å²) in [7, 11) is 0. The summed E-state index contributed by atoms with van der Waals surface area (Å²) in [5, 5.41) is 11.1. The molecule has 3 heterocycles. The van der Waals surface area contributed by atoms with Crippen molar-refractivity contribution in [1.82, 2.24) is 30.2 Å². The zero-order chi connectivity index (χ0) is 16.4. The van der Waals surface area contributed by atoms with Crippen molar-refractivity contribution in [3.05, 3.63) is 48.4 Å². The molecule has 8 nitrogen and oxygen atoms in total. The molecule has 0 saturated heterocycles. The van der Waals surface area contributed by atoms with E-state index in [1.807, 2.05) is 12.3 Å². The van der Waals surface area contributed by atoms with Gasteiger partial charge < -0.3 is 9.84 Å². The lowest BCUT2D eigenvalue weighted by atomic mass is 10.3. The van der Waals surface area contributed by atoms with Crippen LogP contribution in [-0.2, 0) is 6.54 Å². The molecule has 0 radical (unpaired) electrons. The van der Waals surface area contributed by atoms with Crippen LogP contribution in [0.2, 0.25) is 0 Å². The molecule has 0 aromatic carbocycles. The summed E-state index contributed by atoms with van der Waals surface area (Å²) < 4.78 is 6.94. The maximum Gasteiger partial charge on any atom is 0.273 e. The van der Waals surface area contributed by atoms with Gasteiger partial charge in [-0.05, 0) is 18.9 Å². The molecule has 24 heavy (non-hydrogen) atoms. The summed E-state index contributed by atoms with van der Waals surface area (Å²) in [4.78, 5) is 20.3. The average Bonchev–Trinajstić information content (AvgIpc) is 3.16. The average molecular weight is 324 g/mol. The van der Waals surface area contributed by atoms with Crippen molar-refractivity contribution in [3.63, 3.8) is 0 Å². The van der Waals surface area contributed by atoms with Crippen molar-refractivity contribution >= 4 is 5.91 Å². The van der Waals surface area contributed by atoms with E-state index >= 15 is 0 Å². The Bertz CT molecular complexity index is 837. The van der Waals surface area contributed by atoms with Crippen LogP contribution in [0.5, 0.6) is 0 Å². The van der Waals surface area contributed by atoms with Crippen molar-refractivity contribution < 1.29 is 9.32 Å². The number of carbonyl (C=O) groups is 1. The molecule has 3 aromatic rings.